The molecule has 462 valence electrons. The van der Waals surface area contributed by atoms with Crippen LogP contribution in [0.3, 0.4) is 0 Å². The Morgan fingerprint density at radius 3 is 2.28 bits per heavy atom. The van der Waals surface area contributed by atoms with Crippen LogP contribution >= 0.6 is 0 Å². The van der Waals surface area contributed by atoms with Crippen LogP contribution in [-0.4, -0.2) is 52.3 Å². The third-order valence-electron chi connectivity index (χ3n) is 26.1. The molecule has 9 aliphatic carbocycles. The maximum Gasteiger partial charge on any atom is 0.306 e. The van der Waals surface area contributed by atoms with Crippen molar-refractivity contribution in [3.63, 3.8) is 0 Å². The van der Waals surface area contributed by atoms with Crippen molar-refractivity contribution in [1.82, 2.24) is 0 Å². The summed E-state index contributed by atoms with van der Waals surface area (Å²) in [6.07, 6.45) is 32.1. The normalized spacial score (nSPS) is 34.0. The summed E-state index contributed by atoms with van der Waals surface area (Å²) in [6.45, 7) is 17.5. The number of carboxylic acid groups (broad SMARTS) is 1. The van der Waals surface area contributed by atoms with E-state index in [-0.39, 0.29) is 34.3 Å². The van der Waals surface area contributed by atoms with Crippen LogP contribution in [-0.2, 0) is 35.2 Å². The van der Waals surface area contributed by atoms with Gasteiger partial charge in [0.2, 0.25) is 0 Å². The van der Waals surface area contributed by atoms with E-state index in [9.17, 15) is 25.2 Å². The van der Waals surface area contributed by atoms with Gasteiger partial charge in [-0.15, -0.1) is 0 Å². The maximum atomic E-state index is 14.4. The van der Waals surface area contributed by atoms with Crippen LogP contribution in [0.5, 0.6) is 5.75 Å². The number of aliphatic hydroxyl groups is 2. The molecule has 2 bridgehead atoms. The van der Waals surface area contributed by atoms with E-state index in [0.717, 1.165) is 114 Å². The summed E-state index contributed by atoms with van der Waals surface area (Å²) in [4.78, 5) is 14.4. The molecule has 4 fully saturated rings. The highest BCUT2D eigenvalue weighted by Gasteiger charge is 2.76. The van der Waals surface area contributed by atoms with Crippen molar-refractivity contribution in [2.45, 2.75) is 195 Å². The van der Waals surface area contributed by atoms with Crippen LogP contribution in [0.2, 0.25) is 0 Å². The average molecular weight is 1170 g/mol. The van der Waals surface area contributed by atoms with E-state index in [1.54, 1.807) is 30.4 Å². The molecule has 0 spiro atoms. The summed E-state index contributed by atoms with van der Waals surface area (Å²) in [5.74, 6) is 1.13. The van der Waals surface area contributed by atoms with Gasteiger partial charge in [-0.1, -0.05) is 180 Å². The minimum absolute atomic E-state index is 0.0753. The lowest BCUT2D eigenvalue weighted by atomic mass is 9.30. The largest absolute Gasteiger partial charge is 0.508 e. The van der Waals surface area contributed by atoms with E-state index in [2.05, 4.69) is 126 Å². The molecule has 87 heavy (non-hydrogen) atoms. The van der Waals surface area contributed by atoms with Crippen molar-refractivity contribution in [2.75, 3.05) is 13.7 Å². The Morgan fingerprint density at radius 1 is 0.793 bits per heavy atom. The minimum Gasteiger partial charge on any atom is -0.508 e. The summed E-state index contributed by atoms with van der Waals surface area (Å²) >= 11 is 0. The van der Waals surface area contributed by atoms with Crippen molar-refractivity contribution in [1.29, 1.82) is 0 Å². The molecule has 9 aliphatic rings. The smallest absolute Gasteiger partial charge is 0.306 e. The zero-order chi connectivity index (χ0) is 60.6. The molecule has 0 saturated heterocycles. The number of allylic oxidation sites excluding steroid dienone is 7. The van der Waals surface area contributed by atoms with Crippen molar-refractivity contribution < 1.29 is 30.0 Å². The van der Waals surface area contributed by atoms with Gasteiger partial charge >= 0.3 is 5.97 Å². The van der Waals surface area contributed by atoms with Gasteiger partial charge in [0, 0.05) is 40.6 Å². The molecule has 13 rings (SSSR count). The fourth-order valence-electron chi connectivity index (χ4n) is 21.9. The molecule has 12 atom stereocenters. The van der Waals surface area contributed by atoms with Crippen LogP contribution in [0, 0.1) is 80.3 Å². The Balaban J connectivity index is 0.964. The van der Waals surface area contributed by atoms with Gasteiger partial charge in [-0.25, -0.2) is 0 Å². The van der Waals surface area contributed by atoms with E-state index in [4.69, 9.17) is 11.3 Å². The number of fused-ring (bicyclic) bond motifs is 4. The number of ether oxygens (including phenoxy) is 1. The number of phenolic OH excluding ortho intramolecular Hbond substituents is 1. The van der Waals surface area contributed by atoms with Gasteiger partial charge in [0.05, 0.1) is 24.7 Å². The lowest BCUT2D eigenvalue weighted by molar-refractivity contribution is -0.164. The van der Waals surface area contributed by atoms with E-state index in [1.807, 2.05) is 12.1 Å². The minimum atomic E-state index is -0.746. The first kappa shape index (κ1) is 60.6. The van der Waals surface area contributed by atoms with E-state index < -0.39 is 40.3 Å². The number of carbonyl (C=O) groups is 1. The molecule has 4 aromatic rings. The summed E-state index contributed by atoms with van der Waals surface area (Å²) in [5.41, 5.74) is 13.1. The van der Waals surface area contributed by atoms with Gasteiger partial charge in [-0.05, 0) is 236 Å². The van der Waals surface area contributed by atoms with Gasteiger partial charge in [0.1, 0.15) is 5.75 Å². The monoisotopic (exact) mass is 1170 g/mol. The number of aromatic hydroxyl groups is 1. The molecule has 6 heteroatoms. The number of hydrogen-bond donors (Lipinski definition) is 4. The quantitative estimate of drug-likeness (QED) is 0.0697. The molecule has 0 aromatic heterocycles. The van der Waals surface area contributed by atoms with Crippen molar-refractivity contribution in [3.8, 4) is 16.9 Å². The zero-order valence-electron chi connectivity index (χ0n) is 53.6. The first-order valence-corrected chi connectivity index (χ1v) is 34.6. The van der Waals surface area contributed by atoms with Crippen LogP contribution in [0.25, 0.3) is 22.8 Å². The number of aryl methyl sites for hydroxylation is 1. The van der Waals surface area contributed by atoms with Gasteiger partial charge in [0.15, 0.2) is 0 Å². The van der Waals surface area contributed by atoms with Crippen LogP contribution in [0.4, 0.5) is 0 Å². The number of rotatable bonds is 19. The number of phenols is 1. The highest BCUT2D eigenvalue weighted by Crippen LogP contribution is 2.82. The summed E-state index contributed by atoms with van der Waals surface area (Å²) < 4.78 is 5.41. The number of aliphatic carboxylic acids is 1. The number of carboxylic acids is 1. The number of hydrogen-bond acceptors (Lipinski definition) is 5. The third-order valence-corrected chi connectivity index (χ3v) is 26.1. The maximum absolute atomic E-state index is 14.4. The molecule has 4 N–H and O–H groups in total. The van der Waals surface area contributed by atoms with Gasteiger partial charge < -0.3 is 25.2 Å². The molecule has 0 radical (unpaired) electrons. The fourth-order valence-corrected chi connectivity index (χ4v) is 21.9. The second kappa shape index (κ2) is 23.8. The van der Waals surface area contributed by atoms with Gasteiger partial charge in [-0.2, -0.15) is 0 Å². The number of aliphatic hydroxyl groups excluding tert-OH is 2. The Labute approximate surface area is 521 Å². The molecule has 4 saturated carbocycles. The lowest BCUT2D eigenvalue weighted by Crippen LogP contribution is -2.68. The predicted molar refractivity (Wildman–Crippen MR) is 353 cm³/mol. The van der Waals surface area contributed by atoms with Gasteiger partial charge in [-0.3, -0.25) is 4.79 Å². The van der Waals surface area contributed by atoms with E-state index in [0.29, 0.717) is 48.9 Å². The molecule has 4 aromatic carbocycles. The Morgan fingerprint density at radius 2 is 1.54 bits per heavy atom. The Bertz CT molecular complexity index is 3460. The average Bonchev–Trinajstić information content (AvgIpc) is 1.55. The van der Waals surface area contributed by atoms with Crippen molar-refractivity contribution >= 4 is 17.6 Å². The van der Waals surface area contributed by atoms with Crippen LogP contribution in [0.15, 0.2) is 138 Å². The van der Waals surface area contributed by atoms with E-state index in [1.165, 1.54) is 81.5 Å². The van der Waals surface area contributed by atoms with Crippen LogP contribution in [0.1, 0.15) is 179 Å². The molecular formula is C81H102O6. The standard InChI is InChI=1S/C81H102O6/c1-51(2)20-28-60-17-12-19-64-66(60)47-70-68(67(64)46-57-14-11-18-61(45-57)59-29-33-63(82)34-30-59)48-79-40-13-39-77(5)73(84)37-42-80(70,76(77)79)69-36-41-78(6)74(65(75(85)86)35-21-52(3)53(4)58-15-9-8-10-16-58)72(83)50-81(78,71(69)49-79)62-31-26-56(27-32-62)44-55-24-22-54(23-25-55)38-43-87-7/h11-14,17-19,22-25,29-30,33-34,40,45,47-48,51,53,56,58,62,65,70,72-74,76,82-84H,3,8-10,15-16,20-21,26-28,31-32,35-39,41-44,46,49-50H2,1-2,4-7H3,(H,85,86). The second-order valence-electron chi connectivity index (χ2n) is 30.8. The molecular weight excluding hydrogens is 1070 g/mol. The summed E-state index contributed by atoms with van der Waals surface area (Å²) in [7, 11) is 1.77. The predicted octanol–water partition coefficient (Wildman–Crippen LogP) is 16.5. The highest BCUT2D eigenvalue weighted by molar-refractivity contribution is 5.78. The molecule has 6 nitrogen and oxygen atoms in total. The first-order valence-electron chi connectivity index (χ1n) is 34.6. The number of benzene rings is 4. The Hall–Kier alpha value is -5.27. The lowest BCUT2D eigenvalue weighted by Gasteiger charge is -2.73. The number of methoxy groups -OCH3 is 1. The zero-order valence-corrected chi connectivity index (χ0v) is 53.6. The third kappa shape index (κ3) is 10.3. The summed E-state index contributed by atoms with van der Waals surface area (Å²) in [6, 6.07) is 33.1. The topological polar surface area (TPSA) is 107 Å². The molecule has 0 aliphatic heterocycles. The molecule has 0 amide bonds. The molecule has 0 heterocycles. The van der Waals surface area contributed by atoms with Crippen molar-refractivity contribution in [3.05, 3.63) is 171 Å². The van der Waals surface area contributed by atoms with Gasteiger partial charge in [0.25, 0.3) is 0 Å². The van der Waals surface area contributed by atoms with E-state index >= 15 is 0 Å². The van der Waals surface area contributed by atoms with Crippen LogP contribution < -0.4 is 10.4 Å². The highest BCUT2D eigenvalue weighted by atomic mass is 16.5. The molecule has 12 unspecified atom stereocenters. The Kier molecular flexibility index (Phi) is 16.6. The van der Waals surface area contributed by atoms with Crippen molar-refractivity contribution in [2.24, 2.45) is 80.3 Å². The first-order chi connectivity index (χ1) is 41.9. The second-order valence-corrected chi connectivity index (χ2v) is 30.8. The SMILES string of the molecule is C=C(CCC(C(=O)O)C1C(O)CC2(C3CCC(Cc4ccc(CCOC)cc4)CC3)C3=C(CCC12C)C12CCC(O)C4(C)CC=CC(C=C5C(Cc6cccc(-c7ccc(O)cc7)c6)=c6cccc(CCC(C)C)c6=CC51)(C3)C42)C(C)C1CCCCC1. The summed E-state index contributed by atoms with van der Waals surface area (Å²) in [5, 5.41) is 51.1. The fraction of sp³-hybridized carbons (Fsp3) is 0.568.